The first-order valence-corrected chi connectivity index (χ1v) is 6.68. The predicted molar refractivity (Wildman–Crippen MR) is 76.0 cm³/mol. The number of rotatable bonds is 6. The van der Waals surface area contributed by atoms with Gasteiger partial charge in [0.25, 0.3) is 0 Å². The van der Waals surface area contributed by atoms with E-state index in [2.05, 4.69) is 30.4 Å². The first-order valence-electron chi connectivity index (χ1n) is 6.68. The Labute approximate surface area is 113 Å². The Morgan fingerprint density at radius 1 is 1.32 bits per heavy atom. The van der Waals surface area contributed by atoms with E-state index in [0.717, 1.165) is 24.0 Å². The highest BCUT2D eigenvalue weighted by atomic mass is 16.5. The number of aromatic nitrogens is 1. The lowest BCUT2D eigenvalue weighted by molar-refractivity contribution is -0.143. The van der Waals surface area contributed by atoms with Gasteiger partial charge in [-0.15, -0.1) is 0 Å². The smallest absolute Gasteiger partial charge is 0.325 e. The van der Waals surface area contributed by atoms with Gasteiger partial charge in [-0.05, 0) is 42.6 Å². The molecule has 0 amide bonds. The summed E-state index contributed by atoms with van der Waals surface area (Å²) in [6, 6.07) is 8.33. The molecular weight excluding hydrogens is 240 g/mol. The summed E-state index contributed by atoms with van der Waals surface area (Å²) in [5, 5.41) is 4.46. The van der Waals surface area contributed by atoms with E-state index in [1.165, 1.54) is 5.56 Å². The maximum absolute atomic E-state index is 11.5. The number of carbonyl (C=O) groups excluding carboxylic acids is 1. The van der Waals surface area contributed by atoms with Crippen molar-refractivity contribution in [3.63, 3.8) is 0 Å². The van der Waals surface area contributed by atoms with Crippen molar-refractivity contribution in [1.29, 1.82) is 0 Å². The van der Waals surface area contributed by atoms with E-state index in [9.17, 15) is 4.79 Å². The topological polar surface area (TPSA) is 43.3 Å². The molecule has 0 aliphatic carbocycles. The maximum atomic E-state index is 11.5. The SMILES string of the molecule is CCNCc1ccc2c(ccn2CC(=O)OCC)c1. The van der Waals surface area contributed by atoms with Crippen LogP contribution in [0.15, 0.2) is 30.5 Å². The van der Waals surface area contributed by atoms with Crippen LogP contribution in [0.3, 0.4) is 0 Å². The molecule has 0 saturated heterocycles. The van der Waals surface area contributed by atoms with E-state index in [1.807, 2.05) is 23.8 Å². The number of benzene rings is 1. The van der Waals surface area contributed by atoms with Crippen LogP contribution >= 0.6 is 0 Å². The van der Waals surface area contributed by atoms with Gasteiger partial charge in [0, 0.05) is 18.3 Å². The highest BCUT2D eigenvalue weighted by molar-refractivity contribution is 5.82. The van der Waals surface area contributed by atoms with Crippen molar-refractivity contribution in [3.05, 3.63) is 36.0 Å². The van der Waals surface area contributed by atoms with E-state index in [-0.39, 0.29) is 12.5 Å². The quantitative estimate of drug-likeness (QED) is 0.811. The minimum Gasteiger partial charge on any atom is -0.465 e. The number of hydrogen-bond donors (Lipinski definition) is 1. The molecule has 0 bridgehead atoms. The van der Waals surface area contributed by atoms with Crippen molar-refractivity contribution < 1.29 is 9.53 Å². The Kier molecular flexibility index (Phi) is 4.58. The highest BCUT2D eigenvalue weighted by Crippen LogP contribution is 2.17. The second-order valence-electron chi connectivity index (χ2n) is 4.42. The lowest BCUT2D eigenvalue weighted by Gasteiger charge is -2.06. The molecule has 1 aromatic heterocycles. The Balaban J connectivity index is 2.17. The van der Waals surface area contributed by atoms with Gasteiger partial charge >= 0.3 is 5.97 Å². The molecule has 1 N–H and O–H groups in total. The third-order valence-corrected chi connectivity index (χ3v) is 3.02. The number of ether oxygens (including phenoxy) is 1. The zero-order valence-electron chi connectivity index (χ0n) is 11.5. The number of hydrogen-bond acceptors (Lipinski definition) is 3. The molecule has 102 valence electrons. The third-order valence-electron chi connectivity index (χ3n) is 3.02. The van der Waals surface area contributed by atoms with Crippen LogP contribution in [0.25, 0.3) is 10.9 Å². The lowest BCUT2D eigenvalue weighted by Crippen LogP contribution is -2.13. The van der Waals surface area contributed by atoms with E-state index in [1.54, 1.807) is 0 Å². The minimum absolute atomic E-state index is 0.197. The normalized spacial score (nSPS) is 10.8. The van der Waals surface area contributed by atoms with E-state index in [0.29, 0.717) is 6.61 Å². The lowest BCUT2D eigenvalue weighted by atomic mass is 10.1. The highest BCUT2D eigenvalue weighted by Gasteiger charge is 2.07. The standard InChI is InChI=1S/C15H20N2O2/c1-3-16-10-12-5-6-14-13(9-12)7-8-17(14)11-15(18)19-4-2/h5-9,16H,3-4,10-11H2,1-2H3. The van der Waals surface area contributed by atoms with Crippen molar-refractivity contribution in [2.45, 2.75) is 26.9 Å². The van der Waals surface area contributed by atoms with Gasteiger partial charge in [0.05, 0.1) is 6.61 Å². The zero-order chi connectivity index (χ0) is 13.7. The Morgan fingerprint density at radius 2 is 2.16 bits per heavy atom. The average Bonchev–Trinajstić information content (AvgIpc) is 2.79. The van der Waals surface area contributed by atoms with Gasteiger partial charge in [0.1, 0.15) is 6.54 Å². The summed E-state index contributed by atoms with van der Waals surface area (Å²) in [4.78, 5) is 11.5. The van der Waals surface area contributed by atoms with Gasteiger partial charge in [-0.3, -0.25) is 4.79 Å². The molecule has 4 nitrogen and oxygen atoms in total. The maximum Gasteiger partial charge on any atom is 0.325 e. The first-order chi connectivity index (χ1) is 9.24. The fraction of sp³-hybridized carbons (Fsp3) is 0.400. The van der Waals surface area contributed by atoms with Crippen molar-refractivity contribution in [1.82, 2.24) is 9.88 Å². The molecule has 0 aliphatic heterocycles. The Morgan fingerprint density at radius 3 is 2.89 bits per heavy atom. The largest absolute Gasteiger partial charge is 0.465 e. The van der Waals surface area contributed by atoms with E-state index < -0.39 is 0 Å². The predicted octanol–water partition coefficient (Wildman–Crippen LogP) is 2.31. The molecule has 0 radical (unpaired) electrons. The first kappa shape index (κ1) is 13.6. The van der Waals surface area contributed by atoms with Crippen LogP contribution in [0.5, 0.6) is 0 Å². The molecule has 1 aromatic carbocycles. The average molecular weight is 260 g/mol. The van der Waals surface area contributed by atoms with Gasteiger partial charge in [-0.2, -0.15) is 0 Å². The van der Waals surface area contributed by atoms with Gasteiger partial charge in [-0.25, -0.2) is 0 Å². The monoisotopic (exact) mass is 260 g/mol. The van der Waals surface area contributed by atoms with Gasteiger partial charge in [0.2, 0.25) is 0 Å². The van der Waals surface area contributed by atoms with E-state index >= 15 is 0 Å². The number of nitrogens with zero attached hydrogens (tertiary/aromatic N) is 1. The summed E-state index contributed by atoms with van der Waals surface area (Å²) in [5.41, 5.74) is 2.32. The van der Waals surface area contributed by atoms with Crippen LogP contribution in [-0.2, 0) is 22.6 Å². The molecule has 0 aliphatic rings. The number of nitrogens with one attached hydrogen (secondary N) is 1. The molecule has 2 rings (SSSR count). The molecule has 2 aromatic rings. The number of fused-ring (bicyclic) bond motifs is 1. The fourth-order valence-electron chi connectivity index (χ4n) is 2.11. The van der Waals surface area contributed by atoms with Crippen molar-refractivity contribution in [3.8, 4) is 0 Å². The molecule has 1 heterocycles. The second-order valence-corrected chi connectivity index (χ2v) is 4.42. The molecule has 0 fully saturated rings. The zero-order valence-corrected chi connectivity index (χ0v) is 11.5. The van der Waals surface area contributed by atoms with Gasteiger partial charge < -0.3 is 14.6 Å². The van der Waals surface area contributed by atoms with Crippen LogP contribution in [0.4, 0.5) is 0 Å². The van der Waals surface area contributed by atoms with Crippen LogP contribution < -0.4 is 5.32 Å². The molecule has 19 heavy (non-hydrogen) atoms. The summed E-state index contributed by atoms with van der Waals surface area (Å²) in [6.07, 6.45) is 1.93. The molecule has 0 unspecified atom stereocenters. The van der Waals surface area contributed by atoms with Crippen molar-refractivity contribution in [2.24, 2.45) is 0 Å². The van der Waals surface area contributed by atoms with Crippen molar-refractivity contribution >= 4 is 16.9 Å². The molecule has 0 atom stereocenters. The number of carbonyl (C=O) groups is 1. The van der Waals surface area contributed by atoms with Crippen LogP contribution in [0, 0.1) is 0 Å². The molecule has 4 heteroatoms. The van der Waals surface area contributed by atoms with Crippen LogP contribution in [0.2, 0.25) is 0 Å². The Hall–Kier alpha value is -1.81. The summed E-state index contributed by atoms with van der Waals surface area (Å²) >= 11 is 0. The third kappa shape index (κ3) is 3.35. The summed E-state index contributed by atoms with van der Waals surface area (Å²) < 4.78 is 6.89. The van der Waals surface area contributed by atoms with Gasteiger partial charge in [-0.1, -0.05) is 13.0 Å². The van der Waals surface area contributed by atoms with Crippen LogP contribution in [0.1, 0.15) is 19.4 Å². The molecular formula is C15H20N2O2. The summed E-state index contributed by atoms with van der Waals surface area (Å²) in [7, 11) is 0. The number of esters is 1. The van der Waals surface area contributed by atoms with E-state index in [4.69, 9.17) is 4.74 Å². The Bertz CT molecular complexity index is 560. The van der Waals surface area contributed by atoms with Gasteiger partial charge in [0.15, 0.2) is 0 Å². The molecule has 0 saturated carbocycles. The minimum atomic E-state index is -0.197. The fourth-order valence-corrected chi connectivity index (χ4v) is 2.11. The second kappa shape index (κ2) is 6.38. The van der Waals surface area contributed by atoms with Crippen LogP contribution in [-0.4, -0.2) is 23.7 Å². The molecule has 0 spiro atoms. The summed E-state index contributed by atoms with van der Waals surface area (Å²) in [5.74, 6) is -0.197. The van der Waals surface area contributed by atoms with Crippen molar-refractivity contribution in [2.75, 3.05) is 13.2 Å². The summed E-state index contributed by atoms with van der Waals surface area (Å²) in [6.45, 7) is 6.43.